The molecule has 0 saturated carbocycles. The lowest BCUT2D eigenvalue weighted by Gasteiger charge is -2.52. The lowest BCUT2D eigenvalue weighted by atomic mass is 9.72. The first-order valence-corrected chi connectivity index (χ1v) is 5.22. The third kappa shape index (κ3) is 1.91. The number of aliphatic carboxylic acids is 1. The lowest BCUT2D eigenvalue weighted by molar-refractivity contribution is -0.139. The van der Waals surface area contributed by atoms with Gasteiger partial charge in [-0.3, -0.25) is 9.69 Å². The summed E-state index contributed by atoms with van der Waals surface area (Å²) in [5, 5.41) is 8.66. The summed E-state index contributed by atoms with van der Waals surface area (Å²) in [7, 11) is 2.15. The molecule has 0 aliphatic carbocycles. The minimum absolute atomic E-state index is 0.214. The van der Waals surface area contributed by atoms with Crippen LogP contribution in [0.3, 0.4) is 0 Å². The van der Waals surface area contributed by atoms with E-state index < -0.39 is 5.97 Å². The molecule has 14 heavy (non-hydrogen) atoms. The molecule has 4 nitrogen and oxygen atoms in total. The summed E-state index contributed by atoms with van der Waals surface area (Å²) in [4.78, 5) is 14.9. The zero-order valence-corrected chi connectivity index (χ0v) is 8.70. The van der Waals surface area contributed by atoms with E-state index in [1.54, 1.807) is 0 Å². The molecule has 80 valence electrons. The summed E-state index contributed by atoms with van der Waals surface area (Å²) < 4.78 is 0. The maximum absolute atomic E-state index is 10.5. The van der Waals surface area contributed by atoms with Crippen molar-refractivity contribution in [3.63, 3.8) is 0 Å². The molecule has 0 bridgehead atoms. The van der Waals surface area contributed by atoms with Gasteiger partial charge in [0.15, 0.2) is 0 Å². The first kappa shape index (κ1) is 9.93. The Kier molecular flexibility index (Phi) is 2.49. The summed E-state index contributed by atoms with van der Waals surface area (Å²) in [6.45, 7) is 4.54. The van der Waals surface area contributed by atoms with Gasteiger partial charge in [-0.2, -0.15) is 0 Å². The molecule has 0 radical (unpaired) electrons. The molecule has 2 fully saturated rings. The predicted octanol–water partition coefficient (Wildman–Crippen LogP) is 0.0986. The Balaban J connectivity index is 1.78. The summed E-state index contributed by atoms with van der Waals surface area (Å²) in [5.74, 6) is -0.702. The normalized spacial score (nSPS) is 27.5. The number of hydrogen-bond acceptors (Lipinski definition) is 3. The third-order valence-electron chi connectivity index (χ3n) is 3.49. The largest absolute Gasteiger partial charge is 0.480 e. The van der Waals surface area contributed by atoms with Gasteiger partial charge in [0.05, 0.1) is 6.54 Å². The van der Waals surface area contributed by atoms with E-state index in [1.165, 1.54) is 25.9 Å². The van der Waals surface area contributed by atoms with Gasteiger partial charge in [0, 0.05) is 13.1 Å². The van der Waals surface area contributed by atoms with E-state index in [0.717, 1.165) is 13.1 Å². The monoisotopic (exact) mass is 198 g/mol. The van der Waals surface area contributed by atoms with E-state index in [9.17, 15) is 4.79 Å². The number of hydrogen-bond donors (Lipinski definition) is 1. The molecule has 0 unspecified atom stereocenters. The van der Waals surface area contributed by atoms with Gasteiger partial charge < -0.3 is 10.0 Å². The molecule has 0 aromatic rings. The second kappa shape index (κ2) is 3.51. The molecule has 2 rings (SSSR count). The second-order valence-electron chi connectivity index (χ2n) is 4.84. The molecule has 1 spiro atoms. The van der Waals surface area contributed by atoms with Gasteiger partial charge in [-0.1, -0.05) is 0 Å². The van der Waals surface area contributed by atoms with Gasteiger partial charge in [-0.25, -0.2) is 0 Å². The Morgan fingerprint density at radius 3 is 2.36 bits per heavy atom. The molecule has 0 aromatic heterocycles. The number of rotatable bonds is 2. The van der Waals surface area contributed by atoms with Gasteiger partial charge in [-0.05, 0) is 38.4 Å². The smallest absolute Gasteiger partial charge is 0.317 e. The minimum Gasteiger partial charge on any atom is -0.480 e. The fraction of sp³-hybridized carbons (Fsp3) is 0.900. The SMILES string of the molecule is CN1CC2(CCN(CC(=O)O)CC2)C1. The maximum atomic E-state index is 10.5. The predicted molar refractivity (Wildman–Crippen MR) is 53.2 cm³/mol. The molecule has 1 N–H and O–H groups in total. The van der Waals surface area contributed by atoms with Gasteiger partial charge in [0.2, 0.25) is 0 Å². The van der Waals surface area contributed by atoms with Crippen LogP contribution in [0.25, 0.3) is 0 Å². The van der Waals surface area contributed by atoms with Gasteiger partial charge in [-0.15, -0.1) is 0 Å². The second-order valence-corrected chi connectivity index (χ2v) is 4.84. The van der Waals surface area contributed by atoms with E-state index in [2.05, 4.69) is 11.9 Å². The van der Waals surface area contributed by atoms with Crippen LogP contribution in [0.5, 0.6) is 0 Å². The molecule has 2 saturated heterocycles. The molecule has 0 amide bonds. The topological polar surface area (TPSA) is 43.8 Å². The summed E-state index contributed by atoms with van der Waals surface area (Å²) in [6, 6.07) is 0. The Labute approximate surface area is 84.5 Å². The van der Waals surface area contributed by atoms with Crippen LogP contribution < -0.4 is 0 Å². The van der Waals surface area contributed by atoms with Crippen LogP contribution in [0.2, 0.25) is 0 Å². The zero-order valence-electron chi connectivity index (χ0n) is 8.70. The molecule has 0 atom stereocenters. The molecular weight excluding hydrogens is 180 g/mol. The number of nitrogens with zero attached hydrogens (tertiary/aromatic N) is 2. The van der Waals surface area contributed by atoms with Crippen molar-refractivity contribution >= 4 is 5.97 Å². The van der Waals surface area contributed by atoms with Gasteiger partial charge >= 0.3 is 5.97 Å². The van der Waals surface area contributed by atoms with Crippen molar-refractivity contribution in [3.05, 3.63) is 0 Å². The number of carboxylic acid groups (broad SMARTS) is 1. The highest BCUT2D eigenvalue weighted by Gasteiger charge is 2.42. The van der Waals surface area contributed by atoms with Crippen LogP contribution in [-0.2, 0) is 4.79 Å². The van der Waals surface area contributed by atoms with Crippen LogP contribution in [0, 0.1) is 5.41 Å². The fourth-order valence-electron chi connectivity index (χ4n) is 2.79. The van der Waals surface area contributed by atoms with Crippen molar-refractivity contribution in [1.29, 1.82) is 0 Å². The van der Waals surface area contributed by atoms with Crippen molar-refractivity contribution in [2.24, 2.45) is 5.41 Å². The summed E-state index contributed by atoms with van der Waals surface area (Å²) in [6.07, 6.45) is 2.34. The molecule has 4 heteroatoms. The van der Waals surface area contributed by atoms with Crippen LogP contribution >= 0.6 is 0 Å². The Morgan fingerprint density at radius 1 is 1.36 bits per heavy atom. The van der Waals surface area contributed by atoms with Crippen LogP contribution in [0.4, 0.5) is 0 Å². The highest BCUT2D eigenvalue weighted by atomic mass is 16.4. The van der Waals surface area contributed by atoms with Crippen LogP contribution in [0.1, 0.15) is 12.8 Å². The summed E-state index contributed by atoms with van der Waals surface area (Å²) >= 11 is 0. The van der Waals surface area contributed by atoms with Crippen LogP contribution in [0.15, 0.2) is 0 Å². The molecular formula is C10H18N2O2. The lowest BCUT2D eigenvalue weighted by Crippen LogP contribution is -2.59. The average molecular weight is 198 g/mol. The molecule has 2 aliphatic heterocycles. The Hall–Kier alpha value is -0.610. The van der Waals surface area contributed by atoms with E-state index in [1.807, 2.05) is 4.90 Å². The standard InChI is InChI=1S/C10H18N2O2/c1-11-7-10(8-11)2-4-12(5-3-10)6-9(13)14/h2-8H2,1H3,(H,13,14). The molecule has 0 aromatic carbocycles. The van der Waals surface area contributed by atoms with Crippen molar-refractivity contribution in [2.45, 2.75) is 12.8 Å². The Morgan fingerprint density at radius 2 is 1.93 bits per heavy atom. The van der Waals surface area contributed by atoms with Crippen molar-refractivity contribution in [2.75, 3.05) is 39.8 Å². The van der Waals surface area contributed by atoms with E-state index in [4.69, 9.17) is 5.11 Å². The number of piperidine rings is 1. The summed E-state index contributed by atoms with van der Waals surface area (Å²) in [5.41, 5.74) is 0.532. The first-order valence-electron chi connectivity index (χ1n) is 5.22. The van der Waals surface area contributed by atoms with E-state index in [-0.39, 0.29) is 6.54 Å². The minimum atomic E-state index is -0.702. The number of likely N-dealkylation sites (tertiary alicyclic amines) is 2. The van der Waals surface area contributed by atoms with E-state index in [0.29, 0.717) is 5.41 Å². The quantitative estimate of drug-likeness (QED) is 0.683. The molecule has 2 heterocycles. The van der Waals surface area contributed by atoms with Gasteiger partial charge in [0.25, 0.3) is 0 Å². The van der Waals surface area contributed by atoms with Crippen molar-refractivity contribution < 1.29 is 9.90 Å². The molecule has 2 aliphatic rings. The van der Waals surface area contributed by atoms with Crippen LogP contribution in [-0.4, -0.2) is 60.6 Å². The third-order valence-corrected chi connectivity index (χ3v) is 3.49. The number of carboxylic acids is 1. The Bertz CT molecular complexity index is 226. The highest BCUT2D eigenvalue weighted by molar-refractivity contribution is 5.69. The fourth-order valence-corrected chi connectivity index (χ4v) is 2.79. The first-order chi connectivity index (χ1) is 6.60. The average Bonchev–Trinajstić information content (AvgIpc) is 2.05. The zero-order chi connectivity index (χ0) is 10.2. The van der Waals surface area contributed by atoms with E-state index >= 15 is 0 Å². The maximum Gasteiger partial charge on any atom is 0.317 e. The van der Waals surface area contributed by atoms with Crippen molar-refractivity contribution in [1.82, 2.24) is 9.80 Å². The van der Waals surface area contributed by atoms with Gasteiger partial charge in [0.1, 0.15) is 0 Å². The van der Waals surface area contributed by atoms with Crippen molar-refractivity contribution in [3.8, 4) is 0 Å². The number of carbonyl (C=O) groups is 1. The highest BCUT2D eigenvalue weighted by Crippen LogP contribution is 2.39.